The number of para-hydroxylation sites is 1. The van der Waals surface area contributed by atoms with Crippen LogP contribution in [0.25, 0.3) is 0 Å². The van der Waals surface area contributed by atoms with E-state index in [0.29, 0.717) is 17.9 Å². The third-order valence-electron chi connectivity index (χ3n) is 4.71. The van der Waals surface area contributed by atoms with Gasteiger partial charge >= 0.3 is 0 Å². The summed E-state index contributed by atoms with van der Waals surface area (Å²) >= 11 is 6.12. The summed E-state index contributed by atoms with van der Waals surface area (Å²) in [6, 6.07) is 13.4. The molecule has 1 aliphatic heterocycles. The molecule has 28 heavy (non-hydrogen) atoms. The monoisotopic (exact) mass is 445 g/mol. The topological polar surface area (TPSA) is 67.6 Å². The van der Waals surface area contributed by atoms with Crippen LogP contribution in [0.4, 0.5) is 11.4 Å². The first-order chi connectivity index (χ1) is 12.6. The second kappa shape index (κ2) is 11.2. The number of halogens is 3. The van der Waals surface area contributed by atoms with Crippen molar-refractivity contribution in [3.8, 4) is 5.75 Å². The first-order valence-corrected chi connectivity index (χ1v) is 9.16. The number of carbonyl (C=O) groups is 1. The van der Waals surface area contributed by atoms with E-state index in [4.69, 9.17) is 22.1 Å². The molecule has 0 saturated carbocycles. The Morgan fingerprint density at radius 1 is 1.29 bits per heavy atom. The van der Waals surface area contributed by atoms with E-state index in [1.54, 1.807) is 7.11 Å². The molecule has 1 saturated heterocycles. The maximum absolute atomic E-state index is 12.3. The zero-order valence-corrected chi connectivity index (χ0v) is 18.1. The van der Waals surface area contributed by atoms with Crippen LogP contribution in [0.15, 0.2) is 42.5 Å². The van der Waals surface area contributed by atoms with E-state index < -0.39 is 0 Å². The highest BCUT2D eigenvalue weighted by molar-refractivity contribution is 6.30. The van der Waals surface area contributed by atoms with E-state index in [9.17, 15) is 4.79 Å². The van der Waals surface area contributed by atoms with Gasteiger partial charge in [0, 0.05) is 36.3 Å². The van der Waals surface area contributed by atoms with Crippen LogP contribution in [0.2, 0.25) is 5.02 Å². The first kappa shape index (κ1) is 24.2. The van der Waals surface area contributed by atoms with Gasteiger partial charge in [-0.1, -0.05) is 29.8 Å². The van der Waals surface area contributed by atoms with Crippen LogP contribution in [-0.4, -0.2) is 32.1 Å². The van der Waals surface area contributed by atoms with E-state index >= 15 is 0 Å². The molecule has 0 radical (unpaired) electrons. The predicted molar refractivity (Wildman–Crippen MR) is 120 cm³/mol. The van der Waals surface area contributed by atoms with Crippen LogP contribution in [0.5, 0.6) is 5.75 Å². The number of amides is 1. The number of carbonyl (C=O) groups excluding carboxylic acids is 1. The normalized spacial score (nSPS) is 15.4. The third kappa shape index (κ3) is 6.09. The molecule has 1 amide bonds. The van der Waals surface area contributed by atoms with Crippen LogP contribution in [-0.2, 0) is 11.2 Å². The summed E-state index contributed by atoms with van der Waals surface area (Å²) in [6.07, 6.45) is 1.98. The summed E-state index contributed by atoms with van der Waals surface area (Å²) in [5, 5.41) is 3.80. The highest BCUT2D eigenvalue weighted by Crippen LogP contribution is 2.33. The molecular formula is C20H26Cl3N3O2. The number of aryl methyl sites for hydroxylation is 1. The lowest BCUT2D eigenvalue weighted by Gasteiger charge is -2.21. The van der Waals surface area contributed by atoms with Crippen molar-refractivity contribution in [3.05, 3.63) is 53.1 Å². The molecule has 0 spiro atoms. The summed E-state index contributed by atoms with van der Waals surface area (Å²) in [7, 11) is 1.65. The molecule has 154 valence electrons. The molecule has 0 aliphatic carbocycles. The Morgan fingerprint density at radius 2 is 2.04 bits per heavy atom. The number of nitrogens with zero attached hydrogens (tertiary/aromatic N) is 1. The van der Waals surface area contributed by atoms with Crippen molar-refractivity contribution in [2.45, 2.75) is 25.3 Å². The molecule has 0 aromatic heterocycles. The summed E-state index contributed by atoms with van der Waals surface area (Å²) in [4.78, 5) is 14.5. The van der Waals surface area contributed by atoms with Gasteiger partial charge in [-0.3, -0.25) is 4.79 Å². The lowest BCUT2D eigenvalue weighted by Crippen LogP contribution is -2.37. The van der Waals surface area contributed by atoms with Crippen molar-refractivity contribution in [1.82, 2.24) is 5.32 Å². The van der Waals surface area contributed by atoms with Crippen molar-refractivity contribution in [2.24, 2.45) is 0 Å². The minimum Gasteiger partial charge on any atom is -0.495 e. The van der Waals surface area contributed by atoms with E-state index in [1.165, 1.54) is 0 Å². The van der Waals surface area contributed by atoms with Gasteiger partial charge in [-0.05, 0) is 42.7 Å². The molecule has 2 aromatic carbocycles. The Morgan fingerprint density at radius 3 is 2.75 bits per heavy atom. The molecule has 3 rings (SSSR count). The minimum absolute atomic E-state index is 0. The van der Waals surface area contributed by atoms with Crippen molar-refractivity contribution in [2.75, 3.05) is 30.8 Å². The minimum atomic E-state index is 0. The fourth-order valence-electron chi connectivity index (χ4n) is 3.32. The van der Waals surface area contributed by atoms with Crippen molar-refractivity contribution < 1.29 is 9.53 Å². The standard InChI is InChI=1S/C20H24ClN3O2.2ClH/c1-26-19-8-7-15(21)12-18(19)24-11-10-16(13-24)23-20(25)9-6-14-4-2-3-5-17(14)22;;/h2-5,7-8,12,16H,6,9-11,13,22H2,1H3,(H,23,25);2*1H. The van der Waals surface area contributed by atoms with Gasteiger partial charge < -0.3 is 20.7 Å². The highest BCUT2D eigenvalue weighted by atomic mass is 35.5. The van der Waals surface area contributed by atoms with Gasteiger partial charge in [-0.2, -0.15) is 0 Å². The van der Waals surface area contributed by atoms with E-state index in [0.717, 1.165) is 42.2 Å². The molecule has 1 heterocycles. The van der Waals surface area contributed by atoms with Gasteiger partial charge in [-0.15, -0.1) is 24.8 Å². The molecule has 1 fully saturated rings. The molecule has 5 nitrogen and oxygen atoms in total. The Bertz CT molecular complexity index is 789. The summed E-state index contributed by atoms with van der Waals surface area (Å²) in [5.74, 6) is 0.846. The number of nitrogens with one attached hydrogen (secondary N) is 1. The zero-order valence-electron chi connectivity index (χ0n) is 15.7. The lowest BCUT2D eigenvalue weighted by molar-refractivity contribution is -0.121. The molecule has 3 N–H and O–H groups in total. The number of benzene rings is 2. The van der Waals surface area contributed by atoms with Crippen LogP contribution in [0.1, 0.15) is 18.4 Å². The SMILES string of the molecule is COc1ccc(Cl)cc1N1CCC(NC(=O)CCc2ccccc2N)C1.Cl.Cl. The predicted octanol–water partition coefficient (Wildman–Crippen LogP) is 4.10. The van der Waals surface area contributed by atoms with Gasteiger partial charge in [0.05, 0.1) is 12.8 Å². The largest absolute Gasteiger partial charge is 0.495 e. The Labute approximate surface area is 183 Å². The van der Waals surface area contributed by atoms with Crippen LogP contribution in [0.3, 0.4) is 0 Å². The van der Waals surface area contributed by atoms with Gasteiger partial charge in [0.15, 0.2) is 0 Å². The van der Waals surface area contributed by atoms with Crippen LogP contribution in [0, 0.1) is 0 Å². The van der Waals surface area contributed by atoms with Crippen molar-refractivity contribution >= 4 is 53.7 Å². The average Bonchev–Trinajstić information content (AvgIpc) is 3.09. The fraction of sp³-hybridized carbons (Fsp3) is 0.350. The van der Waals surface area contributed by atoms with Gasteiger partial charge in [0.1, 0.15) is 5.75 Å². The van der Waals surface area contributed by atoms with Gasteiger partial charge in [0.25, 0.3) is 0 Å². The number of methoxy groups -OCH3 is 1. The van der Waals surface area contributed by atoms with E-state index in [-0.39, 0.29) is 36.8 Å². The summed E-state index contributed by atoms with van der Waals surface area (Å²) < 4.78 is 5.43. The number of ether oxygens (including phenoxy) is 1. The molecule has 1 unspecified atom stereocenters. The third-order valence-corrected chi connectivity index (χ3v) is 4.95. The maximum atomic E-state index is 12.3. The van der Waals surface area contributed by atoms with E-state index in [1.807, 2.05) is 42.5 Å². The fourth-order valence-corrected chi connectivity index (χ4v) is 3.48. The molecule has 0 bridgehead atoms. The molecule has 2 aromatic rings. The number of hydrogen-bond donors (Lipinski definition) is 2. The number of nitrogen functional groups attached to an aromatic ring is 1. The Kier molecular flexibility index (Phi) is 9.73. The average molecular weight is 447 g/mol. The smallest absolute Gasteiger partial charge is 0.220 e. The quantitative estimate of drug-likeness (QED) is 0.656. The van der Waals surface area contributed by atoms with Crippen LogP contribution >= 0.6 is 36.4 Å². The maximum Gasteiger partial charge on any atom is 0.220 e. The lowest BCUT2D eigenvalue weighted by atomic mass is 10.1. The molecule has 8 heteroatoms. The Hall–Kier alpha value is -1.82. The van der Waals surface area contributed by atoms with Gasteiger partial charge in [-0.25, -0.2) is 0 Å². The highest BCUT2D eigenvalue weighted by Gasteiger charge is 2.26. The summed E-state index contributed by atoms with van der Waals surface area (Å²) in [5.41, 5.74) is 8.65. The molecule has 1 aliphatic rings. The van der Waals surface area contributed by atoms with Crippen molar-refractivity contribution in [1.29, 1.82) is 0 Å². The van der Waals surface area contributed by atoms with Crippen LogP contribution < -0.4 is 20.7 Å². The number of anilines is 2. The Balaban J connectivity index is 0.00000196. The number of rotatable bonds is 6. The second-order valence-corrected chi connectivity index (χ2v) is 6.95. The number of hydrogen-bond acceptors (Lipinski definition) is 4. The second-order valence-electron chi connectivity index (χ2n) is 6.51. The van der Waals surface area contributed by atoms with Crippen molar-refractivity contribution in [3.63, 3.8) is 0 Å². The number of nitrogens with two attached hydrogens (primary N) is 1. The summed E-state index contributed by atoms with van der Waals surface area (Å²) in [6.45, 7) is 1.60. The molecular weight excluding hydrogens is 421 g/mol. The van der Waals surface area contributed by atoms with E-state index in [2.05, 4.69) is 10.2 Å². The first-order valence-electron chi connectivity index (χ1n) is 8.78. The zero-order chi connectivity index (χ0) is 18.5. The van der Waals surface area contributed by atoms with Gasteiger partial charge in [0.2, 0.25) is 5.91 Å². The molecule has 1 atom stereocenters.